The van der Waals surface area contributed by atoms with Gasteiger partial charge in [0.05, 0.1) is 25.4 Å². The van der Waals surface area contributed by atoms with Crippen molar-refractivity contribution in [3.05, 3.63) is 0 Å². The summed E-state index contributed by atoms with van der Waals surface area (Å²) < 4.78 is 11.4. The van der Waals surface area contributed by atoms with Gasteiger partial charge in [-0.15, -0.1) is 0 Å². The van der Waals surface area contributed by atoms with Gasteiger partial charge in [0, 0.05) is 0 Å². The maximum Gasteiger partial charge on any atom is 0.0832 e. The first kappa shape index (κ1) is 10.0. The van der Waals surface area contributed by atoms with E-state index < -0.39 is 0 Å². The van der Waals surface area contributed by atoms with E-state index in [2.05, 4.69) is 27.7 Å². The van der Waals surface area contributed by atoms with Crippen LogP contribution >= 0.6 is 0 Å². The number of hydrogen-bond donors (Lipinski definition) is 0. The molecule has 1 aliphatic heterocycles. The summed E-state index contributed by atoms with van der Waals surface area (Å²) in [7, 11) is 0. The van der Waals surface area contributed by atoms with Crippen LogP contribution in [-0.2, 0) is 9.47 Å². The van der Waals surface area contributed by atoms with Crippen molar-refractivity contribution in [2.75, 3.05) is 13.2 Å². The molecule has 0 aromatic heterocycles. The van der Waals surface area contributed by atoms with E-state index in [9.17, 15) is 0 Å². The van der Waals surface area contributed by atoms with Gasteiger partial charge in [-0.25, -0.2) is 0 Å². The minimum Gasteiger partial charge on any atom is -0.373 e. The third-order valence-corrected chi connectivity index (χ3v) is 2.44. The lowest BCUT2D eigenvalue weighted by Gasteiger charge is -2.33. The van der Waals surface area contributed by atoms with Gasteiger partial charge in [-0.05, 0) is 11.8 Å². The van der Waals surface area contributed by atoms with Crippen LogP contribution in [0.15, 0.2) is 0 Å². The molecule has 2 nitrogen and oxygen atoms in total. The summed E-state index contributed by atoms with van der Waals surface area (Å²) in [5.41, 5.74) is 0. The van der Waals surface area contributed by atoms with Crippen LogP contribution < -0.4 is 0 Å². The Balaban J connectivity index is 2.30. The van der Waals surface area contributed by atoms with Crippen molar-refractivity contribution in [1.29, 1.82) is 0 Å². The highest BCUT2D eigenvalue weighted by molar-refractivity contribution is 4.72. The van der Waals surface area contributed by atoms with Crippen LogP contribution in [0.1, 0.15) is 27.7 Å². The van der Waals surface area contributed by atoms with Gasteiger partial charge in [0.25, 0.3) is 0 Å². The third-order valence-electron chi connectivity index (χ3n) is 2.44. The van der Waals surface area contributed by atoms with Crippen LogP contribution in [0, 0.1) is 11.8 Å². The lowest BCUT2D eigenvalue weighted by molar-refractivity contribution is -0.158. The van der Waals surface area contributed by atoms with Crippen molar-refractivity contribution in [3.63, 3.8) is 0 Å². The quantitative estimate of drug-likeness (QED) is 0.635. The molecule has 1 rings (SSSR count). The Labute approximate surface area is 75.2 Å². The molecule has 0 saturated carbocycles. The fraction of sp³-hybridized carbons (Fsp3) is 1.00. The van der Waals surface area contributed by atoms with Gasteiger partial charge in [-0.2, -0.15) is 0 Å². The molecule has 0 N–H and O–H groups in total. The molecular weight excluding hydrogens is 152 g/mol. The molecule has 0 aromatic carbocycles. The van der Waals surface area contributed by atoms with Crippen molar-refractivity contribution < 1.29 is 9.47 Å². The molecule has 2 unspecified atom stereocenters. The van der Waals surface area contributed by atoms with Crippen molar-refractivity contribution in [3.8, 4) is 0 Å². The molecule has 0 radical (unpaired) electrons. The highest BCUT2D eigenvalue weighted by Crippen LogP contribution is 2.18. The summed E-state index contributed by atoms with van der Waals surface area (Å²) in [5, 5.41) is 0. The highest BCUT2D eigenvalue weighted by atomic mass is 16.6. The minimum atomic E-state index is 0.306. The zero-order valence-corrected chi connectivity index (χ0v) is 8.54. The molecule has 1 heterocycles. The van der Waals surface area contributed by atoms with Crippen molar-refractivity contribution >= 4 is 0 Å². The molecule has 0 amide bonds. The van der Waals surface area contributed by atoms with Gasteiger partial charge in [0.15, 0.2) is 0 Å². The Morgan fingerprint density at radius 3 is 1.33 bits per heavy atom. The monoisotopic (exact) mass is 172 g/mol. The lowest BCUT2D eigenvalue weighted by atomic mass is 10.0. The molecule has 12 heavy (non-hydrogen) atoms. The number of hydrogen-bond acceptors (Lipinski definition) is 2. The lowest BCUT2D eigenvalue weighted by Crippen LogP contribution is -2.40. The Bertz CT molecular complexity index is 108. The zero-order valence-electron chi connectivity index (χ0n) is 8.54. The standard InChI is InChI=1S/C10H20O2/c1-7(2)9-5-12-10(6-11-9)8(3)4/h7-10H,5-6H2,1-4H3. The summed E-state index contributed by atoms with van der Waals surface area (Å²) in [5.74, 6) is 1.14. The second-order valence-electron chi connectivity index (χ2n) is 4.23. The average molecular weight is 172 g/mol. The molecule has 1 aliphatic rings. The molecule has 2 atom stereocenters. The SMILES string of the molecule is CC(C)C1COC(C(C)C)CO1. The third kappa shape index (κ3) is 2.46. The second kappa shape index (κ2) is 4.24. The Morgan fingerprint density at radius 1 is 0.833 bits per heavy atom. The van der Waals surface area contributed by atoms with E-state index in [0.29, 0.717) is 24.0 Å². The normalized spacial score (nSPS) is 31.5. The first-order valence-corrected chi connectivity index (χ1v) is 4.84. The highest BCUT2D eigenvalue weighted by Gasteiger charge is 2.25. The van der Waals surface area contributed by atoms with Gasteiger partial charge in [0.2, 0.25) is 0 Å². The van der Waals surface area contributed by atoms with E-state index in [1.165, 1.54) is 0 Å². The van der Waals surface area contributed by atoms with Gasteiger partial charge in [-0.1, -0.05) is 27.7 Å². The summed E-state index contributed by atoms with van der Waals surface area (Å²) in [6, 6.07) is 0. The van der Waals surface area contributed by atoms with Crippen LogP contribution in [0.25, 0.3) is 0 Å². The van der Waals surface area contributed by atoms with Gasteiger partial charge in [-0.3, -0.25) is 0 Å². The van der Waals surface area contributed by atoms with Crippen LogP contribution in [-0.4, -0.2) is 25.4 Å². The molecule has 0 bridgehead atoms. The molecule has 72 valence electrons. The largest absolute Gasteiger partial charge is 0.373 e. The van der Waals surface area contributed by atoms with Crippen molar-refractivity contribution in [2.24, 2.45) is 11.8 Å². The second-order valence-corrected chi connectivity index (χ2v) is 4.23. The van der Waals surface area contributed by atoms with E-state index in [1.807, 2.05) is 0 Å². The summed E-state index contributed by atoms with van der Waals surface area (Å²) in [6.45, 7) is 10.2. The van der Waals surface area contributed by atoms with Crippen LogP contribution in [0.3, 0.4) is 0 Å². The first-order valence-electron chi connectivity index (χ1n) is 4.84. The average Bonchev–Trinajstić information content (AvgIpc) is 2.04. The van der Waals surface area contributed by atoms with Gasteiger partial charge < -0.3 is 9.47 Å². The fourth-order valence-corrected chi connectivity index (χ4v) is 1.30. The first-order chi connectivity index (χ1) is 5.61. The molecule has 1 saturated heterocycles. The van der Waals surface area contributed by atoms with E-state index in [4.69, 9.17) is 9.47 Å². The molecule has 0 aliphatic carbocycles. The number of ether oxygens (including phenoxy) is 2. The topological polar surface area (TPSA) is 18.5 Å². The van der Waals surface area contributed by atoms with E-state index in [1.54, 1.807) is 0 Å². The van der Waals surface area contributed by atoms with Gasteiger partial charge >= 0.3 is 0 Å². The summed E-state index contributed by atoms with van der Waals surface area (Å²) in [6.07, 6.45) is 0.611. The summed E-state index contributed by atoms with van der Waals surface area (Å²) in [4.78, 5) is 0. The molecule has 1 fully saturated rings. The predicted octanol–water partition coefficient (Wildman–Crippen LogP) is 2.08. The van der Waals surface area contributed by atoms with Crippen LogP contribution in [0.5, 0.6) is 0 Å². The summed E-state index contributed by atoms with van der Waals surface area (Å²) >= 11 is 0. The maximum absolute atomic E-state index is 5.69. The Kier molecular flexibility index (Phi) is 3.53. The molecule has 0 aromatic rings. The molecule has 2 heteroatoms. The maximum atomic E-state index is 5.69. The van der Waals surface area contributed by atoms with Crippen molar-refractivity contribution in [2.45, 2.75) is 39.9 Å². The molecular formula is C10H20O2. The fourth-order valence-electron chi connectivity index (χ4n) is 1.30. The minimum absolute atomic E-state index is 0.306. The van der Waals surface area contributed by atoms with Crippen LogP contribution in [0.4, 0.5) is 0 Å². The Hall–Kier alpha value is -0.0800. The Morgan fingerprint density at radius 2 is 1.17 bits per heavy atom. The van der Waals surface area contributed by atoms with E-state index in [0.717, 1.165) is 13.2 Å². The van der Waals surface area contributed by atoms with Crippen LogP contribution in [0.2, 0.25) is 0 Å². The zero-order chi connectivity index (χ0) is 9.14. The molecule has 0 spiro atoms. The van der Waals surface area contributed by atoms with E-state index in [-0.39, 0.29) is 0 Å². The van der Waals surface area contributed by atoms with Gasteiger partial charge in [0.1, 0.15) is 0 Å². The van der Waals surface area contributed by atoms with E-state index >= 15 is 0 Å². The number of rotatable bonds is 2. The smallest absolute Gasteiger partial charge is 0.0832 e. The van der Waals surface area contributed by atoms with Crippen molar-refractivity contribution in [1.82, 2.24) is 0 Å². The predicted molar refractivity (Wildman–Crippen MR) is 49.2 cm³/mol.